The van der Waals surface area contributed by atoms with Gasteiger partial charge in [0.25, 0.3) is 0 Å². The summed E-state index contributed by atoms with van der Waals surface area (Å²) in [5.41, 5.74) is 5.96. The van der Waals surface area contributed by atoms with E-state index in [0.717, 1.165) is 12.8 Å². The van der Waals surface area contributed by atoms with Gasteiger partial charge in [0, 0.05) is 11.7 Å². The van der Waals surface area contributed by atoms with Gasteiger partial charge in [0.2, 0.25) is 10.0 Å². The Morgan fingerprint density at radius 3 is 2.65 bits per heavy atom. The van der Waals surface area contributed by atoms with E-state index in [9.17, 15) is 8.42 Å². The first-order chi connectivity index (χ1) is 7.86. The number of nitrogen functional groups attached to an aromatic ring is 1. The summed E-state index contributed by atoms with van der Waals surface area (Å²) in [5, 5.41) is 0.140. The molecule has 1 atom stereocenters. The molecule has 1 unspecified atom stereocenters. The standard InChI is InChI=1S/C11H17ClN2O2S/c1-3-4-8(2)14-17(15,16)11-6-5-9(13)7-10(11)12/h5-8,14H,3-4,13H2,1-2H3. The third-order valence-corrected chi connectivity index (χ3v) is 4.40. The second kappa shape index (κ2) is 5.71. The second-order valence-electron chi connectivity index (χ2n) is 4.00. The first-order valence-corrected chi connectivity index (χ1v) is 7.30. The predicted octanol–water partition coefficient (Wildman–Crippen LogP) is 2.39. The van der Waals surface area contributed by atoms with Gasteiger partial charge in [0.15, 0.2) is 0 Å². The van der Waals surface area contributed by atoms with Gasteiger partial charge in [-0.15, -0.1) is 0 Å². The Labute approximate surface area is 107 Å². The molecule has 0 amide bonds. The summed E-state index contributed by atoms with van der Waals surface area (Å²) >= 11 is 5.88. The van der Waals surface area contributed by atoms with E-state index in [1.165, 1.54) is 18.2 Å². The summed E-state index contributed by atoms with van der Waals surface area (Å²) in [5.74, 6) is 0. The summed E-state index contributed by atoms with van der Waals surface area (Å²) < 4.78 is 26.6. The van der Waals surface area contributed by atoms with Gasteiger partial charge in [-0.2, -0.15) is 0 Å². The highest BCUT2D eigenvalue weighted by Gasteiger charge is 2.19. The fraction of sp³-hybridized carbons (Fsp3) is 0.455. The average molecular weight is 277 g/mol. The quantitative estimate of drug-likeness (QED) is 0.811. The first kappa shape index (κ1) is 14.3. The van der Waals surface area contributed by atoms with E-state index in [-0.39, 0.29) is 16.0 Å². The van der Waals surface area contributed by atoms with Crippen molar-refractivity contribution in [2.45, 2.75) is 37.6 Å². The van der Waals surface area contributed by atoms with Crippen LogP contribution < -0.4 is 10.5 Å². The van der Waals surface area contributed by atoms with E-state index in [1.807, 2.05) is 13.8 Å². The summed E-state index contributed by atoms with van der Waals surface area (Å²) in [6.07, 6.45) is 1.70. The number of halogens is 1. The molecule has 0 aliphatic rings. The molecule has 0 heterocycles. The van der Waals surface area contributed by atoms with Crippen LogP contribution in [-0.2, 0) is 10.0 Å². The van der Waals surface area contributed by atoms with Crippen LogP contribution in [0, 0.1) is 0 Å². The van der Waals surface area contributed by atoms with Crippen LogP contribution in [0.2, 0.25) is 5.02 Å². The Bertz CT molecular complexity index is 488. The lowest BCUT2D eigenvalue weighted by atomic mass is 10.2. The molecule has 17 heavy (non-hydrogen) atoms. The lowest BCUT2D eigenvalue weighted by Crippen LogP contribution is -2.32. The highest BCUT2D eigenvalue weighted by molar-refractivity contribution is 7.89. The Morgan fingerprint density at radius 2 is 2.12 bits per heavy atom. The Kier molecular flexibility index (Phi) is 4.80. The fourth-order valence-electron chi connectivity index (χ4n) is 1.56. The zero-order valence-electron chi connectivity index (χ0n) is 9.90. The number of nitrogens with two attached hydrogens (primary N) is 1. The van der Waals surface area contributed by atoms with Crippen LogP contribution in [0.4, 0.5) is 5.69 Å². The van der Waals surface area contributed by atoms with E-state index < -0.39 is 10.0 Å². The smallest absolute Gasteiger partial charge is 0.242 e. The maximum absolute atomic E-state index is 12.0. The molecule has 4 nitrogen and oxygen atoms in total. The van der Waals surface area contributed by atoms with Gasteiger partial charge in [0.1, 0.15) is 4.90 Å². The zero-order chi connectivity index (χ0) is 13.1. The molecule has 6 heteroatoms. The van der Waals surface area contributed by atoms with Crippen molar-refractivity contribution in [2.24, 2.45) is 0 Å². The minimum atomic E-state index is -3.57. The Hall–Kier alpha value is -0.780. The van der Waals surface area contributed by atoms with Gasteiger partial charge in [-0.1, -0.05) is 24.9 Å². The SMILES string of the molecule is CCCC(C)NS(=O)(=O)c1ccc(N)cc1Cl. The summed E-state index contributed by atoms with van der Waals surface area (Å²) in [6, 6.07) is 4.25. The highest BCUT2D eigenvalue weighted by atomic mass is 35.5. The lowest BCUT2D eigenvalue weighted by molar-refractivity contribution is 0.544. The van der Waals surface area contributed by atoms with Crippen molar-refractivity contribution >= 4 is 27.3 Å². The van der Waals surface area contributed by atoms with Crippen LogP contribution in [-0.4, -0.2) is 14.5 Å². The number of hydrogen-bond donors (Lipinski definition) is 2. The van der Waals surface area contributed by atoms with Crippen molar-refractivity contribution in [1.29, 1.82) is 0 Å². The van der Waals surface area contributed by atoms with Crippen LogP contribution in [0.3, 0.4) is 0 Å². The molecule has 0 fully saturated rings. The monoisotopic (exact) mass is 276 g/mol. The third-order valence-electron chi connectivity index (χ3n) is 2.32. The van der Waals surface area contributed by atoms with E-state index >= 15 is 0 Å². The van der Waals surface area contributed by atoms with Crippen LogP contribution in [0.5, 0.6) is 0 Å². The van der Waals surface area contributed by atoms with Crippen molar-refractivity contribution < 1.29 is 8.42 Å². The van der Waals surface area contributed by atoms with Crippen molar-refractivity contribution in [3.63, 3.8) is 0 Å². The Morgan fingerprint density at radius 1 is 1.47 bits per heavy atom. The van der Waals surface area contributed by atoms with Gasteiger partial charge < -0.3 is 5.73 Å². The summed E-state index contributed by atoms with van der Waals surface area (Å²) in [4.78, 5) is 0.0660. The molecule has 1 aromatic carbocycles. The molecule has 0 aliphatic carbocycles. The van der Waals surface area contributed by atoms with Crippen molar-refractivity contribution in [3.05, 3.63) is 23.2 Å². The van der Waals surface area contributed by atoms with Crippen LogP contribution in [0.25, 0.3) is 0 Å². The van der Waals surface area contributed by atoms with E-state index in [2.05, 4.69) is 4.72 Å². The molecule has 0 bridgehead atoms. The van der Waals surface area contributed by atoms with Crippen molar-refractivity contribution in [1.82, 2.24) is 4.72 Å². The topological polar surface area (TPSA) is 72.2 Å². The molecule has 1 rings (SSSR count). The summed E-state index contributed by atoms with van der Waals surface area (Å²) in [7, 11) is -3.57. The largest absolute Gasteiger partial charge is 0.399 e. The van der Waals surface area contributed by atoms with E-state index in [1.54, 1.807) is 0 Å². The van der Waals surface area contributed by atoms with Crippen LogP contribution in [0.15, 0.2) is 23.1 Å². The molecule has 0 saturated carbocycles. The van der Waals surface area contributed by atoms with Crippen LogP contribution >= 0.6 is 11.6 Å². The van der Waals surface area contributed by atoms with Gasteiger partial charge in [-0.25, -0.2) is 13.1 Å². The molecule has 0 saturated heterocycles. The molecular weight excluding hydrogens is 260 g/mol. The minimum absolute atomic E-state index is 0.0660. The maximum Gasteiger partial charge on any atom is 0.242 e. The van der Waals surface area contributed by atoms with E-state index in [0.29, 0.717) is 5.69 Å². The van der Waals surface area contributed by atoms with Gasteiger partial charge in [0.05, 0.1) is 5.02 Å². The normalized spacial score (nSPS) is 13.6. The van der Waals surface area contributed by atoms with Gasteiger partial charge in [-0.05, 0) is 31.5 Å². The molecule has 3 N–H and O–H groups in total. The molecule has 0 aliphatic heterocycles. The number of hydrogen-bond acceptors (Lipinski definition) is 3. The first-order valence-electron chi connectivity index (χ1n) is 5.44. The summed E-state index contributed by atoms with van der Waals surface area (Å²) in [6.45, 7) is 3.83. The molecule has 0 radical (unpaired) electrons. The van der Waals surface area contributed by atoms with Crippen molar-refractivity contribution in [2.75, 3.05) is 5.73 Å². The molecule has 0 aromatic heterocycles. The number of anilines is 1. The van der Waals surface area contributed by atoms with Crippen molar-refractivity contribution in [3.8, 4) is 0 Å². The molecular formula is C11H17ClN2O2S. The molecule has 96 valence electrons. The Balaban J connectivity index is 2.97. The average Bonchev–Trinajstić information content (AvgIpc) is 2.15. The predicted molar refractivity (Wildman–Crippen MR) is 70.6 cm³/mol. The second-order valence-corrected chi connectivity index (χ2v) is 6.09. The fourth-order valence-corrected chi connectivity index (χ4v) is 3.39. The maximum atomic E-state index is 12.0. The van der Waals surface area contributed by atoms with Gasteiger partial charge in [-0.3, -0.25) is 0 Å². The lowest BCUT2D eigenvalue weighted by Gasteiger charge is -2.14. The number of sulfonamides is 1. The molecule has 0 spiro atoms. The zero-order valence-corrected chi connectivity index (χ0v) is 11.5. The highest BCUT2D eigenvalue weighted by Crippen LogP contribution is 2.23. The number of benzene rings is 1. The number of rotatable bonds is 5. The van der Waals surface area contributed by atoms with Gasteiger partial charge >= 0.3 is 0 Å². The van der Waals surface area contributed by atoms with E-state index in [4.69, 9.17) is 17.3 Å². The number of nitrogens with one attached hydrogen (secondary N) is 1. The van der Waals surface area contributed by atoms with Crippen LogP contribution in [0.1, 0.15) is 26.7 Å². The third kappa shape index (κ3) is 3.87. The minimum Gasteiger partial charge on any atom is -0.399 e. The molecule has 1 aromatic rings.